The molecule has 0 aliphatic carbocycles. The third kappa shape index (κ3) is 4.26. The number of hydrogen-bond acceptors (Lipinski definition) is 4. The molecule has 120 valence electrons. The molecule has 0 aliphatic rings. The second-order valence-electron chi connectivity index (χ2n) is 4.48. The number of carbonyl (C=O) groups is 2. The molecular formula is C16H13F2NO4. The number of ether oxygens (including phenoxy) is 2. The third-order valence-corrected chi connectivity index (χ3v) is 2.84. The minimum atomic E-state index is -1.24. The van der Waals surface area contributed by atoms with Crippen LogP contribution < -0.4 is 15.2 Å². The first-order chi connectivity index (χ1) is 11.0. The van der Waals surface area contributed by atoms with Crippen LogP contribution in [0.5, 0.6) is 11.5 Å². The molecule has 23 heavy (non-hydrogen) atoms. The summed E-state index contributed by atoms with van der Waals surface area (Å²) in [6.07, 6.45) is -0.155. The Kier molecular flexibility index (Phi) is 5.24. The molecule has 0 saturated heterocycles. The van der Waals surface area contributed by atoms with Crippen molar-refractivity contribution in [3.63, 3.8) is 0 Å². The van der Waals surface area contributed by atoms with Gasteiger partial charge in [0.05, 0.1) is 13.0 Å². The van der Waals surface area contributed by atoms with Crippen molar-refractivity contribution in [1.82, 2.24) is 0 Å². The molecule has 0 bridgehead atoms. The quantitative estimate of drug-likeness (QED) is 0.655. The highest BCUT2D eigenvalue weighted by molar-refractivity contribution is 5.93. The lowest BCUT2D eigenvalue weighted by Crippen LogP contribution is -2.17. The van der Waals surface area contributed by atoms with E-state index in [1.807, 2.05) is 0 Å². The van der Waals surface area contributed by atoms with Crippen LogP contribution in [0.4, 0.5) is 8.78 Å². The minimum Gasteiger partial charge on any atom is -0.490 e. The van der Waals surface area contributed by atoms with Gasteiger partial charge in [0.1, 0.15) is 17.1 Å². The summed E-state index contributed by atoms with van der Waals surface area (Å²) in [6, 6.07) is 10.3. The van der Waals surface area contributed by atoms with Crippen LogP contribution in [0.3, 0.4) is 0 Å². The average molecular weight is 321 g/mol. The van der Waals surface area contributed by atoms with E-state index in [9.17, 15) is 18.4 Å². The van der Waals surface area contributed by atoms with Crippen molar-refractivity contribution in [1.29, 1.82) is 0 Å². The van der Waals surface area contributed by atoms with Gasteiger partial charge in [0, 0.05) is 0 Å². The Balaban J connectivity index is 1.93. The molecule has 0 fully saturated rings. The van der Waals surface area contributed by atoms with Crippen molar-refractivity contribution < 1.29 is 27.8 Å². The molecular weight excluding hydrogens is 308 g/mol. The zero-order valence-electron chi connectivity index (χ0n) is 11.9. The number of carbonyl (C=O) groups excluding carboxylic acids is 2. The topological polar surface area (TPSA) is 78.6 Å². The van der Waals surface area contributed by atoms with Crippen molar-refractivity contribution in [3.05, 3.63) is 59.7 Å². The predicted octanol–water partition coefficient (Wildman–Crippen LogP) is 2.44. The molecule has 0 radical (unpaired) electrons. The average Bonchev–Trinajstić information content (AvgIpc) is 2.50. The highest BCUT2D eigenvalue weighted by Crippen LogP contribution is 2.23. The van der Waals surface area contributed by atoms with Crippen LogP contribution in [0.25, 0.3) is 0 Å². The molecule has 0 spiro atoms. The largest absolute Gasteiger partial charge is 0.490 e. The van der Waals surface area contributed by atoms with E-state index in [4.69, 9.17) is 15.2 Å². The summed E-state index contributed by atoms with van der Waals surface area (Å²) in [5.41, 5.74) is 4.02. The Bertz CT molecular complexity index is 720. The number of primary amides is 1. The van der Waals surface area contributed by atoms with Gasteiger partial charge in [0.2, 0.25) is 0 Å². The molecule has 2 rings (SSSR count). The number of amides is 1. The van der Waals surface area contributed by atoms with Gasteiger partial charge in [0.25, 0.3) is 5.91 Å². The van der Waals surface area contributed by atoms with Crippen LogP contribution >= 0.6 is 0 Å². The number of halogens is 2. The molecule has 0 aromatic heterocycles. The fourth-order valence-electron chi connectivity index (χ4n) is 1.79. The summed E-state index contributed by atoms with van der Waals surface area (Å²) in [4.78, 5) is 22.6. The van der Waals surface area contributed by atoms with Crippen LogP contribution in [-0.4, -0.2) is 18.5 Å². The Labute approximate surface area is 130 Å². The van der Waals surface area contributed by atoms with Crippen molar-refractivity contribution in [3.8, 4) is 11.5 Å². The normalized spacial score (nSPS) is 10.2. The van der Waals surface area contributed by atoms with Crippen molar-refractivity contribution in [2.45, 2.75) is 6.42 Å². The van der Waals surface area contributed by atoms with Gasteiger partial charge in [-0.05, 0) is 24.3 Å². The zero-order valence-corrected chi connectivity index (χ0v) is 11.9. The second-order valence-corrected chi connectivity index (χ2v) is 4.48. The summed E-state index contributed by atoms with van der Waals surface area (Å²) < 4.78 is 37.2. The summed E-state index contributed by atoms with van der Waals surface area (Å²) in [5, 5.41) is 0. The summed E-state index contributed by atoms with van der Waals surface area (Å²) >= 11 is 0. The fourth-order valence-corrected chi connectivity index (χ4v) is 1.79. The van der Waals surface area contributed by atoms with Gasteiger partial charge in [-0.3, -0.25) is 9.59 Å². The summed E-state index contributed by atoms with van der Waals surface area (Å²) in [5.74, 6) is -4.09. The standard InChI is InChI=1S/C16H13F2NO4/c17-11-6-7-12(15(18)14(11)16(19)21)22-9-8-13(20)23-10-4-2-1-3-5-10/h1-7H,8-9H2,(H2,19,21). The van der Waals surface area contributed by atoms with E-state index >= 15 is 0 Å². The van der Waals surface area contributed by atoms with Crippen LogP contribution in [-0.2, 0) is 4.79 Å². The Morgan fingerprint density at radius 1 is 1.04 bits per heavy atom. The van der Waals surface area contributed by atoms with E-state index in [2.05, 4.69) is 0 Å². The minimum absolute atomic E-state index is 0.155. The van der Waals surface area contributed by atoms with Gasteiger partial charge < -0.3 is 15.2 Å². The molecule has 2 aromatic carbocycles. The van der Waals surface area contributed by atoms with E-state index in [0.29, 0.717) is 5.75 Å². The van der Waals surface area contributed by atoms with E-state index in [0.717, 1.165) is 12.1 Å². The predicted molar refractivity (Wildman–Crippen MR) is 77.1 cm³/mol. The summed E-state index contributed by atoms with van der Waals surface area (Å²) in [6.45, 7) is -0.202. The number of para-hydroxylation sites is 1. The number of hydrogen-bond donors (Lipinski definition) is 1. The zero-order chi connectivity index (χ0) is 16.8. The van der Waals surface area contributed by atoms with E-state index in [-0.39, 0.29) is 18.8 Å². The first-order valence-electron chi connectivity index (χ1n) is 6.65. The second kappa shape index (κ2) is 7.35. The first kappa shape index (κ1) is 16.4. The molecule has 7 heteroatoms. The number of esters is 1. The van der Waals surface area contributed by atoms with Crippen LogP contribution in [0, 0.1) is 11.6 Å². The van der Waals surface area contributed by atoms with Gasteiger partial charge >= 0.3 is 5.97 Å². The molecule has 0 atom stereocenters. The van der Waals surface area contributed by atoms with E-state index in [1.165, 1.54) is 0 Å². The van der Waals surface area contributed by atoms with Gasteiger partial charge in [-0.2, -0.15) is 0 Å². The number of nitrogens with two attached hydrogens (primary N) is 1. The highest BCUT2D eigenvalue weighted by Gasteiger charge is 2.19. The van der Waals surface area contributed by atoms with Gasteiger partial charge in [-0.1, -0.05) is 18.2 Å². The van der Waals surface area contributed by atoms with Gasteiger partial charge in [-0.15, -0.1) is 0 Å². The lowest BCUT2D eigenvalue weighted by atomic mass is 10.1. The summed E-state index contributed by atoms with van der Waals surface area (Å²) in [7, 11) is 0. The number of benzene rings is 2. The molecule has 0 unspecified atom stereocenters. The smallest absolute Gasteiger partial charge is 0.314 e. The lowest BCUT2D eigenvalue weighted by molar-refractivity contribution is -0.134. The fraction of sp³-hybridized carbons (Fsp3) is 0.125. The van der Waals surface area contributed by atoms with E-state index < -0.39 is 29.1 Å². The van der Waals surface area contributed by atoms with Gasteiger partial charge in [0.15, 0.2) is 11.6 Å². The van der Waals surface area contributed by atoms with E-state index in [1.54, 1.807) is 30.3 Å². The highest BCUT2D eigenvalue weighted by atomic mass is 19.1. The molecule has 1 amide bonds. The molecule has 2 aromatic rings. The molecule has 2 N–H and O–H groups in total. The van der Waals surface area contributed by atoms with Crippen molar-refractivity contribution >= 4 is 11.9 Å². The molecule has 5 nitrogen and oxygen atoms in total. The monoisotopic (exact) mass is 321 g/mol. The van der Waals surface area contributed by atoms with Crippen LogP contribution in [0.1, 0.15) is 16.8 Å². The molecule has 0 saturated carbocycles. The maximum absolute atomic E-state index is 13.9. The van der Waals surface area contributed by atoms with Gasteiger partial charge in [-0.25, -0.2) is 8.78 Å². The molecule has 0 aliphatic heterocycles. The maximum Gasteiger partial charge on any atom is 0.314 e. The molecule has 0 heterocycles. The van der Waals surface area contributed by atoms with Crippen molar-refractivity contribution in [2.75, 3.05) is 6.61 Å². The SMILES string of the molecule is NC(=O)c1c(F)ccc(OCCC(=O)Oc2ccccc2)c1F. The maximum atomic E-state index is 13.9. The Hall–Kier alpha value is -2.96. The lowest BCUT2D eigenvalue weighted by Gasteiger charge is -2.09. The first-order valence-corrected chi connectivity index (χ1v) is 6.65. The van der Waals surface area contributed by atoms with Crippen LogP contribution in [0.15, 0.2) is 42.5 Å². The van der Waals surface area contributed by atoms with Crippen LogP contribution in [0.2, 0.25) is 0 Å². The Morgan fingerprint density at radius 3 is 2.39 bits per heavy atom. The Morgan fingerprint density at radius 2 is 1.74 bits per heavy atom. The van der Waals surface area contributed by atoms with Crippen molar-refractivity contribution in [2.24, 2.45) is 5.73 Å². The number of rotatable bonds is 6. The third-order valence-electron chi connectivity index (χ3n) is 2.84.